The number of hydrogen-bond acceptors (Lipinski definition) is 3. The predicted molar refractivity (Wildman–Crippen MR) is 35.2 cm³/mol. The van der Waals surface area contributed by atoms with Crippen molar-refractivity contribution in [3.05, 3.63) is 0 Å². The molecule has 0 aliphatic rings. The second-order valence-corrected chi connectivity index (χ2v) is 1.66. The smallest absolute Gasteiger partial charge is 0.319 e. The van der Waals surface area contributed by atoms with E-state index in [1.165, 1.54) is 6.92 Å². The summed E-state index contributed by atoms with van der Waals surface area (Å²) in [7, 11) is 0. The fourth-order valence-corrected chi connectivity index (χ4v) is 0.293. The Balaban J connectivity index is 3.14. The largest absolute Gasteiger partial charge is 0.331 e. The molecule has 0 bridgehead atoms. The molecule has 0 fully saturated rings. The lowest BCUT2D eigenvalue weighted by atomic mass is 10.4. The van der Waals surface area contributed by atoms with Crippen LogP contribution < -0.4 is 0 Å². The number of rotatable bonds is 3. The zero-order valence-corrected chi connectivity index (χ0v) is 5.76. The minimum absolute atomic E-state index is 0.373. The van der Waals surface area contributed by atoms with E-state index < -0.39 is 0 Å². The molecule has 0 aliphatic heterocycles. The summed E-state index contributed by atoms with van der Waals surface area (Å²) in [4.78, 5) is 14.3. The van der Waals surface area contributed by atoms with Gasteiger partial charge in [0, 0.05) is 13.1 Å². The average molecular weight is 129 g/mol. The summed E-state index contributed by atoms with van der Waals surface area (Å²) < 4.78 is 0. The summed E-state index contributed by atoms with van der Waals surface area (Å²) in [6.45, 7) is 3.35. The van der Waals surface area contributed by atoms with Crippen LogP contribution in [0.3, 0.4) is 0 Å². The Morgan fingerprint density at radius 3 is 2.89 bits per heavy atom. The number of hydrogen-bond donors (Lipinski definition) is 0. The van der Waals surface area contributed by atoms with Crippen LogP contribution in [0.5, 0.6) is 0 Å². The second-order valence-electron chi connectivity index (χ2n) is 1.66. The maximum atomic E-state index is 10.1. The molecule has 0 spiro atoms. The van der Waals surface area contributed by atoms with E-state index in [4.69, 9.17) is 0 Å². The lowest BCUT2D eigenvalue weighted by Crippen LogP contribution is -1.90. The van der Waals surface area contributed by atoms with Crippen molar-refractivity contribution in [2.75, 3.05) is 0 Å². The molecule has 0 rings (SSSR count). The highest BCUT2D eigenvalue weighted by atomic mass is 16.7. The third-order valence-corrected chi connectivity index (χ3v) is 0.674. The van der Waals surface area contributed by atoms with Crippen molar-refractivity contribution in [1.29, 1.82) is 0 Å². The van der Waals surface area contributed by atoms with Gasteiger partial charge < -0.3 is 4.84 Å². The lowest BCUT2D eigenvalue weighted by Gasteiger charge is -1.86. The van der Waals surface area contributed by atoms with Crippen molar-refractivity contribution in [1.82, 2.24) is 0 Å². The Morgan fingerprint density at radius 1 is 1.78 bits per heavy atom. The summed E-state index contributed by atoms with van der Waals surface area (Å²) in [5, 5.41) is 3.39. The number of carbonyl (C=O) groups is 1. The van der Waals surface area contributed by atoms with Crippen LogP contribution in [0.2, 0.25) is 0 Å². The van der Waals surface area contributed by atoms with Gasteiger partial charge in [0.15, 0.2) is 0 Å². The van der Waals surface area contributed by atoms with Crippen LogP contribution in [0.4, 0.5) is 0 Å². The first-order chi connectivity index (χ1) is 4.27. The molecule has 0 aromatic heterocycles. The average Bonchev–Trinajstić information content (AvgIpc) is 1.80. The molecule has 3 heteroatoms. The molecule has 0 saturated carbocycles. The zero-order chi connectivity index (χ0) is 7.11. The van der Waals surface area contributed by atoms with E-state index >= 15 is 0 Å². The number of unbranched alkanes of at least 4 members (excludes halogenated alkanes) is 1. The van der Waals surface area contributed by atoms with Gasteiger partial charge in [0.2, 0.25) is 0 Å². The highest BCUT2D eigenvalue weighted by Crippen LogP contribution is 1.82. The van der Waals surface area contributed by atoms with Crippen molar-refractivity contribution >= 4 is 12.2 Å². The molecule has 0 radical (unpaired) electrons. The Kier molecular flexibility index (Phi) is 4.78. The van der Waals surface area contributed by atoms with Crippen LogP contribution >= 0.6 is 0 Å². The van der Waals surface area contributed by atoms with Gasteiger partial charge >= 0.3 is 5.97 Å². The Bertz CT molecular complexity index is 110. The fourth-order valence-electron chi connectivity index (χ4n) is 0.293. The van der Waals surface area contributed by atoms with Gasteiger partial charge in [-0.25, -0.2) is 4.79 Å². The standard InChI is InChI=1S/C6H11NO2/c1-3-4-5-7-9-6(2)8/h5H,3-4H2,1-2H3. The molecule has 0 aromatic carbocycles. The number of oxime groups is 1. The SMILES string of the molecule is CCCC=NOC(C)=O. The van der Waals surface area contributed by atoms with Gasteiger partial charge in [-0.15, -0.1) is 0 Å². The minimum atomic E-state index is -0.373. The van der Waals surface area contributed by atoms with E-state index in [9.17, 15) is 4.79 Å². The van der Waals surface area contributed by atoms with E-state index in [-0.39, 0.29) is 5.97 Å². The summed E-state index contributed by atoms with van der Waals surface area (Å²) in [6, 6.07) is 0. The second kappa shape index (κ2) is 5.28. The van der Waals surface area contributed by atoms with Crippen LogP contribution in [0.15, 0.2) is 5.16 Å². The van der Waals surface area contributed by atoms with E-state index in [0.717, 1.165) is 12.8 Å². The van der Waals surface area contributed by atoms with Gasteiger partial charge in [0.05, 0.1) is 0 Å². The highest BCUT2D eigenvalue weighted by Gasteiger charge is 1.84. The summed E-state index contributed by atoms with van der Waals surface area (Å²) in [6.07, 6.45) is 3.46. The molecule has 0 heterocycles. The van der Waals surface area contributed by atoms with Gasteiger partial charge in [0.1, 0.15) is 0 Å². The van der Waals surface area contributed by atoms with Gasteiger partial charge in [-0.2, -0.15) is 0 Å². The van der Waals surface area contributed by atoms with E-state index in [0.29, 0.717) is 0 Å². The van der Waals surface area contributed by atoms with Crippen molar-refractivity contribution < 1.29 is 9.63 Å². The first-order valence-electron chi connectivity index (χ1n) is 2.96. The molecular weight excluding hydrogens is 118 g/mol. The fraction of sp³-hybridized carbons (Fsp3) is 0.667. The molecular formula is C6H11NO2. The predicted octanol–water partition coefficient (Wildman–Crippen LogP) is 1.34. The van der Waals surface area contributed by atoms with Gasteiger partial charge in [0.25, 0.3) is 0 Å². The van der Waals surface area contributed by atoms with Crippen molar-refractivity contribution in [3.63, 3.8) is 0 Å². The Labute approximate surface area is 54.7 Å². The van der Waals surface area contributed by atoms with Crippen LogP contribution in [0.25, 0.3) is 0 Å². The van der Waals surface area contributed by atoms with Crippen LogP contribution in [-0.2, 0) is 9.63 Å². The van der Waals surface area contributed by atoms with Crippen molar-refractivity contribution in [2.24, 2.45) is 5.16 Å². The normalized spacial score (nSPS) is 10.0. The van der Waals surface area contributed by atoms with Gasteiger partial charge in [-0.1, -0.05) is 18.5 Å². The lowest BCUT2D eigenvalue weighted by molar-refractivity contribution is -0.140. The zero-order valence-electron chi connectivity index (χ0n) is 5.76. The quantitative estimate of drug-likeness (QED) is 0.327. The molecule has 0 saturated heterocycles. The van der Waals surface area contributed by atoms with Crippen LogP contribution in [-0.4, -0.2) is 12.2 Å². The summed E-state index contributed by atoms with van der Waals surface area (Å²) in [5.41, 5.74) is 0. The molecule has 9 heavy (non-hydrogen) atoms. The molecule has 0 N–H and O–H groups in total. The topological polar surface area (TPSA) is 38.7 Å². The van der Waals surface area contributed by atoms with Crippen molar-refractivity contribution in [2.45, 2.75) is 26.7 Å². The third kappa shape index (κ3) is 7.14. The first-order valence-corrected chi connectivity index (χ1v) is 2.96. The Hall–Kier alpha value is -0.860. The van der Waals surface area contributed by atoms with Crippen LogP contribution in [0, 0.1) is 0 Å². The maximum Gasteiger partial charge on any atom is 0.331 e. The molecule has 52 valence electrons. The highest BCUT2D eigenvalue weighted by molar-refractivity contribution is 5.67. The van der Waals surface area contributed by atoms with E-state index in [1.807, 2.05) is 6.92 Å². The molecule has 0 aliphatic carbocycles. The van der Waals surface area contributed by atoms with E-state index in [1.54, 1.807) is 6.21 Å². The van der Waals surface area contributed by atoms with Gasteiger partial charge in [-0.05, 0) is 6.42 Å². The first kappa shape index (κ1) is 8.14. The van der Waals surface area contributed by atoms with Crippen molar-refractivity contribution in [3.8, 4) is 0 Å². The number of nitrogens with zero attached hydrogens (tertiary/aromatic N) is 1. The molecule has 0 unspecified atom stereocenters. The minimum Gasteiger partial charge on any atom is -0.319 e. The molecule has 0 aromatic rings. The van der Waals surface area contributed by atoms with Gasteiger partial charge in [-0.3, -0.25) is 0 Å². The van der Waals surface area contributed by atoms with Crippen LogP contribution in [0.1, 0.15) is 26.7 Å². The summed E-state index contributed by atoms with van der Waals surface area (Å²) in [5.74, 6) is -0.373. The number of carbonyl (C=O) groups excluding carboxylic acids is 1. The maximum absolute atomic E-state index is 10.1. The molecule has 0 atom stereocenters. The summed E-state index contributed by atoms with van der Waals surface area (Å²) >= 11 is 0. The third-order valence-electron chi connectivity index (χ3n) is 0.674. The Morgan fingerprint density at radius 2 is 2.44 bits per heavy atom. The monoisotopic (exact) mass is 129 g/mol. The molecule has 0 amide bonds. The van der Waals surface area contributed by atoms with E-state index in [2.05, 4.69) is 9.99 Å². The molecule has 3 nitrogen and oxygen atoms in total.